The van der Waals surface area contributed by atoms with Crippen LogP contribution in [0.3, 0.4) is 0 Å². The molecule has 0 radical (unpaired) electrons. The van der Waals surface area contributed by atoms with E-state index in [4.69, 9.17) is 0 Å². The van der Waals surface area contributed by atoms with E-state index in [0.717, 1.165) is 28.2 Å². The summed E-state index contributed by atoms with van der Waals surface area (Å²) in [5, 5.41) is 12.5. The zero-order chi connectivity index (χ0) is 23.9. The van der Waals surface area contributed by atoms with Crippen LogP contribution in [0, 0.1) is 13.8 Å². The molecule has 3 aromatic carbocycles. The largest absolute Gasteiger partial charge is 0.342 e. The van der Waals surface area contributed by atoms with Gasteiger partial charge in [0.05, 0.1) is 0 Å². The van der Waals surface area contributed by atoms with Crippen molar-refractivity contribution in [1.82, 2.24) is 15.0 Å². The van der Waals surface area contributed by atoms with E-state index in [1.54, 1.807) is 6.92 Å². The lowest BCUT2D eigenvalue weighted by atomic mass is 10.1. The summed E-state index contributed by atoms with van der Waals surface area (Å²) in [6, 6.07) is 24.5. The van der Waals surface area contributed by atoms with Gasteiger partial charge in [0.25, 0.3) is 0 Å². The first kappa shape index (κ1) is 22.7. The van der Waals surface area contributed by atoms with Crippen LogP contribution < -0.4 is 21.3 Å². The lowest BCUT2D eigenvalue weighted by Gasteiger charge is -2.17. The Morgan fingerprint density at radius 1 is 0.676 bits per heavy atom. The highest BCUT2D eigenvalue weighted by Crippen LogP contribution is 2.21. The highest BCUT2D eigenvalue weighted by molar-refractivity contribution is 5.97. The normalized spacial score (nSPS) is 11.4. The summed E-state index contributed by atoms with van der Waals surface area (Å²) >= 11 is 0. The van der Waals surface area contributed by atoms with E-state index in [2.05, 4.69) is 36.2 Å². The zero-order valence-corrected chi connectivity index (χ0v) is 19.3. The number of rotatable bonds is 8. The Balaban J connectivity index is 1.55. The number of hydrogen-bond acceptors (Lipinski definition) is 7. The quantitative estimate of drug-likeness (QED) is 0.283. The van der Waals surface area contributed by atoms with Gasteiger partial charge in [-0.25, -0.2) is 0 Å². The van der Waals surface area contributed by atoms with Crippen molar-refractivity contribution in [3.8, 4) is 0 Å². The number of carbonyl (C=O) groups excluding carboxylic acids is 1. The van der Waals surface area contributed by atoms with Crippen LogP contribution in [0.2, 0.25) is 0 Å². The number of nitrogens with zero attached hydrogens (tertiary/aromatic N) is 3. The summed E-state index contributed by atoms with van der Waals surface area (Å²) < 4.78 is 0. The Labute approximate surface area is 198 Å². The summed E-state index contributed by atoms with van der Waals surface area (Å²) in [6.07, 6.45) is 0. The fourth-order valence-corrected chi connectivity index (χ4v) is 3.36. The fourth-order valence-electron chi connectivity index (χ4n) is 3.36. The van der Waals surface area contributed by atoms with Gasteiger partial charge >= 0.3 is 0 Å². The minimum Gasteiger partial charge on any atom is -0.342 e. The van der Waals surface area contributed by atoms with Gasteiger partial charge in [-0.1, -0.05) is 54.6 Å². The molecule has 4 aromatic rings. The Kier molecular flexibility index (Phi) is 6.98. The molecule has 0 unspecified atom stereocenters. The third-order valence-electron chi connectivity index (χ3n) is 5.16. The molecule has 0 saturated carbocycles. The minimum atomic E-state index is -0.587. The molecular weight excluding hydrogens is 426 g/mol. The molecule has 0 aliphatic rings. The van der Waals surface area contributed by atoms with Gasteiger partial charge < -0.3 is 21.3 Å². The second-order valence-electron chi connectivity index (χ2n) is 7.91. The van der Waals surface area contributed by atoms with Gasteiger partial charge in [0, 0.05) is 17.1 Å². The lowest BCUT2D eigenvalue weighted by molar-refractivity contribution is -0.116. The van der Waals surface area contributed by atoms with Gasteiger partial charge in [0.15, 0.2) is 0 Å². The maximum atomic E-state index is 12.9. The number of aromatic nitrogens is 3. The predicted molar refractivity (Wildman–Crippen MR) is 137 cm³/mol. The second kappa shape index (κ2) is 10.4. The summed E-state index contributed by atoms with van der Waals surface area (Å²) in [7, 11) is 0. The third-order valence-corrected chi connectivity index (χ3v) is 5.16. The predicted octanol–water partition coefficient (Wildman–Crippen LogP) is 5.41. The maximum Gasteiger partial charge on any atom is 0.246 e. The van der Waals surface area contributed by atoms with Crippen molar-refractivity contribution in [2.75, 3.05) is 21.3 Å². The van der Waals surface area contributed by atoms with Crippen molar-refractivity contribution in [1.29, 1.82) is 0 Å². The zero-order valence-electron chi connectivity index (χ0n) is 19.3. The number of hydrogen-bond donors (Lipinski definition) is 4. The molecule has 1 amide bonds. The molecular formula is C26H27N7O. The van der Waals surface area contributed by atoms with E-state index >= 15 is 0 Å². The fraction of sp³-hybridized carbons (Fsp3) is 0.154. The van der Waals surface area contributed by atoms with Gasteiger partial charge in [-0.15, -0.1) is 0 Å². The third kappa shape index (κ3) is 5.86. The van der Waals surface area contributed by atoms with Gasteiger partial charge in [-0.3, -0.25) is 4.79 Å². The van der Waals surface area contributed by atoms with Crippen LogP contribution in [0.1, 0.15) is 18.1 Å². The first-order valence-electron chi connectivity index (χ1n) is 11.0. The number of para-hydroxylation sites is 3. The van der Waals surface area contributed by atoms with E-state index in [9.17, 15) is 4.79 Å². The van der Waals surface area contributed by atoms with Gasteiger partial charge in [0.1, 0.15) is 6.04 Å². The van der Waals surface area contributed by atoms with Crippen LogP contribution in [0.4, 0.5) is 34.9 Å². The standard InChI is InChI=1S/C26H27N7O/c1-17-11-10-12-18(2)22(17)30-23(34)19(3)27-24-31-25(28-20-13-6-4-7-14-20)33-26(32-24)29-21-15-8-5-9-16-21/h4-16,19H,1-3H3,(H,30,34)(H3,27,28,29,31,32,33)/t19-/m1/s1. The maximum absolute atomic E-state index is 12.9. The molecule has 8 nitrogen and oxygen atoms in total. The van der Waals surface area contributed by atoms with E-state index < -0.39 is 6.04 Å². The summed E-state index contributed by atoms with van der Waals surface area (Å²) in [4.78, 5) is 26.3. The average Bonchev–Trinajstić information content (AvgIpc) is 2.82. The monoisotopic (exact) mass is 453 g/mol. The highest BCUT2D eigenvalue weighted by Gasteiger charge is 2.17. The van der Waals surface area contributed by atoms with Crippen molar-refractivity contribution in [3.05, 3.63) is 90.0 Å². The van der Waals surface area contributed by atoms with E-state index in [0.29, 0.717) is 11.9 Å². The van der Waals surface area contributed by atoms with Crippen LogP contribution in [-0.2, 0) is 4.79 Å². The molecule has 0 saturated heterocycles. The minimum absolute atomic E-state index is 0.187. The molecule has 1 aromatic heterocycles. The van der Waals surface area contributed by atoms with Gasteiger partial charge in [-0.05, 0) is 56.2 Å². The van der Waals surface area contributed by atoms with Gasteiger partial charge in [-0.2, -0.15) is 15.0 Å². The molecule has 0 spiro atoms. The van der Waals surface area contributed by atoms with Crippen molar-refractivity contribution >= 4 is 40.8 Å². The molecule has 8 heteroatoms. The molecule has 0 aliphatic carbocycles. The number of aryl methyl sites for hydroxylation is 2. The topological polar surface area (TPSA) is 104 Å². The summed E-state index contributed by atoms with van der Waals surface area (Å²) in [6.45, 7) is 5.70. The summed E-state index contributed by atoms with van der Waals surface area (Å²) in [5.74, 6) is 0.790. The van der Waals surface area contributed by atoms with Crippen molar-refractivity contribution < 1.29 is 4.79 Å². The molecule has 4 rings (SSSR count). The molecule has 172 valence electrons. The number of carbonyl (C=O) groups is 1. The van der Waals surface area contributed by atoms with Crippen LogP contribution >= 0.6 is 0 Å². The number of amides is 1. The Morgan fingerprint density at radius 3 is 1.65 bits per heavy atom. The lowest BCUT2D eigenvalue weighted by Crippen LogP contribution is -2.33. The Bertz CT molecular complexity index is 1180. The molecule has 0 bridgehead atoms. The average molecular weight is 454 g/mol. The molecule has 4 N–H and O–H groups in total. The SMILES string of the molecule is Cc1cccc(C)c1NC(=O)[C@@H](C)Nc1nc(Nc2ccccc2)nc(Nc2ccccc2)n1. The Morgan fingerprint density at radius 2 is 1.15 bits per heavy atom. The van der Waals surface area contributed by atoms with E-state index in [1.807, 2.05) is 92.7 Å². The van der Waals surface area contributed by atoms with Crippen LogP contribution in [0.15, 0.2) is 78.9 Å². The first-order chi connectivity index (χ1) is 16.5. The van der Waals surface area contributed by atoms with Crippen LogP contribution in [0.25, 0.3) is 0 Å². The highest BCUT2D eigenvalue weighted by atomic mass is 16.2. The van der Waals surface area contributed by atoms with E-state index in [1.165, 1.54) is 0 Å². The molecule has 1 heterocycles. The van der Waals surface area contributed by atoms with Crippen molar-refractivity contribution in [3.63, 3.8) is 0 Å². The van der Waals surface area contributed by atoms with E-state index in [-0.39, 0.29) is 11.9 Å². The second-order valence-corrected chi connectivity index (χ2v) is 7.91. The van der Waals surface area contributed by atoms with Crippen molar-refractivity contribution in [2.45, 2.75) is 26.8 Å². The molecule has 34 heavy (non-hydrogen) atoms. The molecule has 0 fully saturated rings. The Hall–Kier alpha value is -4.46. The van der Waals surface area contributed by atoms with Crippen LogP contribution in [-0.4, -0.2) is 26.9 Å². The van der Waals surface area contributed by atoms with Crippen LogP contribution in [0.5, 0.6) is 0 Å². The number of nitrogens with one attached hydrogen (secondary N) is 4. The number of benzene rings is 3. The molecule has 0 aliphatic heterocycles. The smallest absolute Gasteiger partial charge is 0.246 e. The summed E-state index contributed by atoms with van der Waals surface area (Å²) in [5.41, 5.74) is 4.50. The first-order valence-corrected chi connectivity index (χ1v) is 11.0. The molecule has 1 atom stereocenters. The van der Waals surface area contributed by atoms with Gasteiger partial charge in [0.2, 0.25) is 23.8 Å². The van der Waals surface area contributed by atoms with Crippen molar-refractivity contribution in [2.24, 2.45) is 0 Å². The number of anilines is 6.